The van der Waals surface area contributed by atoms with Gasteiger partial charge in [-0.05, 0) is 31.4 Å². The van der Waals surface area contributed by atoms with Crippen molar-refractivity contribution in [2.45, 2.75) is 25.3 Å². The standard InChI is InChI=1S/C18H22N4O3S/c1-25-9-3-7-21-17(23)16-6-5-15(26-16)14-4-2-8-22(14)18(24)13-10-19-12-20-11-13/h5-6,10-12,14H,2-4,7-9H2,1H3,(H,21,23)/t14-/m1/s1. The van der Waals surface area contributed by atoms with Gasteiger partial charge in [0.1, 0.15) is 6.33 Å². The van der Waals surface area contributed by atoms with Crippen LogP contribution in [0.2, 0.25) is 0 Å². The van der Waals surface area contributed by atoms with E-state index in [9.17, 15) is 9.59 Å². The number of nitrogens with one attached hydrogen (secondary N) is 1. The summed E-state index contributed by atoms with van der Waals surface area (Å²) < 4.78 is 4.98. The molecule has 3 rings (SSSR count). The van der Waals surface area contributed by atoms with Gasteiger partial charge in [0.15, 0.2) is 0 Å². The molecule has 0 bridgehead atoms. The maximum absolute atomic E-state index is 12.7. The SMILES string of the molecule is COCCCNC(=O)c1ccc([C@H]2CCCN2C(=O)c2cncnc2)s1. The molecule has 0 spiro atoms. The third-order valence-electron chi connectivity index (χ3n) is 4.31. The van der Waals surface area contributed by atoms with Gasteiger partial charge >= 0.3 is 0 Å². The molecule has 26 heavy (non-hydrogen) atoms. The molecule has 0 radical (unpaired) electrons. The largest absolute Gasteiger partial charge is 0.385 e. The van der Waals surface area contributed by atoms with Gasteiger partial charge in [-0.1, -0.05) is 0 Å². The Bertz CT molecular complexity index is 750. The smallest absolute Gasteiger partial charge is 0.261 e. The number of methoxy groups -OCH3 is 1. The lowest BCUT2D eigenvalue weighted by atomic mass is 10.1. The summed E-state index contributed by atoms with van der Waals surface area (Å²) in [4.78, 5) is 36.4. The van der Waals surface area contributed by atoms with Gasteiger partial charge in [-0.25, -0.2) is 9.97 Å². The van der Waals surface area contributed by atoms with Crippen LogP contribution in [0.4, 0.5) is 0 Å². The maximum atomic E-state index is 12.7. The summed E-state index contributed by atoms with van der Waals surface area (Å²) >= 11 is 1.45. The zero-order valence-corrected chi connectivity index (χ0v) is 15.5. The predicted octanol–water partition coefficient (Wildman–Crippen LogP) is 2.28. The second-order valence-corrected chi connectivity index (χ2v) is 7.20. The van der Waals surface area contributed by atoms with Crippen LogP contribution in [-0.2, 0) is 4.74 Å². The first-order valence-corrected chi connectivity index (χ1v) is 9.45. The highest BCUT2D eigenvalue weighted by Gasteiger charge is 2.32. The number of carbonyl (C=O) groups is 2. The van der Waals surface area contributed by atoms with Crippen molar-refractivity contribution in [1.29, 1.82) is 0 Å². The Morgan fingerprint density at radius 2 is 2.15 bits per heavy atom. The number of carbonyl (C=O) groups excluding carboxylic acids is 2. The Hall–Kier alpha value is -2.32. The highest BCUT2D eigenvalue weighted by Crippen LogP contribution is 2.36. The van der Waals surface area contributed by atoms with Crippen LogP contribution < -0.4 is 5.32 Å². The zero-order chi connectivity index (χ0) is 18.4. The quantitative estimate of drug-likeness (QED) is 0.752. The first-order valence-electron chi connectivity index (χ1n) is 8.63. The Morgan fingerprint density at radius 1 is 1.35 bits per heavy atom. The molecule has 1 N–H and O–H groups in total. The number of hydrogen-bond donors (Lipinski definition) is 1. The summed E-state index contributed by atoms with van der Waals surface area (Å²) in [5.41, 5.74) is 0.493. The molecule has 0 unspecified atom stereocenters. The molecule has 1 saturated heterocycles. The molecule has 3 heterocycles. The number of thiophene rings is 1. The Labute approximate surface area is 156 Å². The highest BCUT2D eigenvalue weighted by atomic mass is 32.1. The molecule has 2 aromatic rings. The molecule has 1 aliphatic heterocycles. The van der Waals surface area contributed by atoms with Crippen LogP contribution >= 0.6 is 11.3 Å². The van der Waals surface area contributed by atoms with Crippen molar-refractivity contribution in [3.63, 3.8) is 0 Å². The molecule has 8 heteroatoms. The fraction of sp³-hybridized carbons (Fsp3) is 0.444. The Kier molecular flexibility index (Phi) is 6.30. The van der Waals surface area contributed by atoms with Crippen LogP contribution in [0.1, 0.15) is 50.2 Å². The summed E-state index contributed by atoms with van der Waals surface area (Å²) in [6.45, 7) is 1.91. The molecule has 2 aromatic heterocycles. The predicted molar refractivity (Wildman–Crippen MR) is 98.2 cm³/mol. The van der Waals surface area contributed by atoms with E-state index >= 15 is 0 Å². The minimum atomic E-state index is -0.0790. The molecule has 2 amide bonds. The van der Waals surface area contributed by atoms with Crippen molar-refractivity contribution in [2.75, 3.05) is 26.8 Å². The third-order valence-corrected chi connectivity index (χ3v) is 5.50. The van der Waals surface area contributed by atoms with Gasteiger partial charge in [0, 0.05) is 44.1 Å². The van der Waals surface area contributed by atoms with E-state index in [-0.39, 0.29) is 17.9 Å². The van der Waals surface area contributed by atoms with Crippen molar-refractivity contribution in [1.82, 2.24) is 20.2 Å². The second-order valence-electron chi connectivity index (χ2n) is 6.09. The second kappa shape index (κ2) is 8.86. The lowest BCUT2D eigenvalue weighted by Crippen LogP contribution is -2.30. The maximum Gasteiger partial charge on any atom is 0.261 e. The van der Waals surface area contributed by atoms with E-state index in [4.69, 9.17) is 4.74 Å². The van der Waals surface area contributed by atoms with Crippen LogP contribution in [0.5, 0.6) is 0 Å². The van der Waals surface area contributed by atoms with Crippen LogP contribution in [0.3, 0.4) is 0 Å². The number of likely N-dealkylation sites (tertiary alicyclic amines) is 1. The third kappa shape index (κ3) is 4.25. The fourth-order valence-corrected chi connectivity index (χ4v) is 4.11. The van der Waals surface area contributed by atoms with Gasteiger partial charge < -0.3 is 15.0 Å². The minimum Gasteiger partial charge on any atom is -0.385 e. The molecule has 0 aliphatic carbocycles. The fourth-order valence-electron chi connectivity index (χ4n) is 3.04. The van der Waals surface area contributed by atoms with Crippen molar-refractivity contribution in [2.24, 2.45) is 0 Å². The molecule has 1 aliphatic rings. The molecule has 138 valence electrons. The summed E-state index contributed by atoms with van der Waals surface area (Å²) in [6.07, 6.45) is 7.12. The zero-order valence-electron chi connectivity index (χ0n) is 14.7. The summed E-state index contributed by atoms with van der Waals surface area (Å²) in [7, 11) is 1.64. The summed E-state index contributed by atoms with van der Waals surface area (Å²) in [5.74, 6) is -0.142. The Morgan fingerprint density at radius 3 is 2.92 bits per heavy atom. The molecular formula is C18H22N4O3S. The molecular weight excluding hydrogens is 352 g/mol. The van der Waals surface area contributed by atoms with Crippen LogP contribution in [0.25, 0.3) is 0 Å². The van der Waals surface area contributed by atoms with Crippen molar-refractivity contribution in [3.8, 4) is 0 Å². The van der Waals surface area contributed by atoms with Crippen molar-refractivity contribution >= 4 is 23.2 Å². The molecule has 1 fully saturated rings. The summed E-state index contributed by atoms with van der Waals surface area (Å²) in [6, 6.07) is 3.79. The van der Waals surface area contributed by atoms with E-state index in [1.165, 1.54) is 30.1 Å². The van der Waals surface area contributed by atoms with Gasteiger partial charge in [0.25, 0.3) is 11.8 Å². The van der Waals surface area contributed by atoms with Crippen LogP contribution in [0, 0.1) is 0 Å². The van der Waals surface area contributed by atoms with Gasteiger partial charge in [0.2, 0.25) is 0 Å². The number of hydrogen-bond acceptors (Lipinski definition) is 6. The summed E-state index contributed by atoms with van der Waals surface area (Å²) in [5, 5.41) is 2.89. The minimum absolute atomic E-state index is 0.00254. The van der Waals surface area contributed by atoms with Crippen LogP contribution in [-0.4, -0.2) is 53.5 Å². The monoisotopic (exact) mass is 374 g/mol. The lowest BCUT2D eigenvalue weighted by Gasteiger charge is -2.23. The molecule has 7 nitrogen and oxygen atoms in total. The van der Waals surface area contributed by atoms with Crippen molar-refractivity contribution < 1.29 is 14.3 Å². The average Bonchev–Trinajstić information content (AvgIpc) is 3.34. The number of nitrogens with zero attached hydrogens (tertiary/aromatic N) is 3. The van der Waals surface area contributed by atoms with Gasteiger partial charge in [-0.2, -0.15) is 0 Å². The van der Waals surface area contributed by atoms with Crippen LogP contribution in [0.15, 0.2) is 30.9 Å². The molecule has 0 aromatic carbocycles. The topological polar surface area (TPSA) is 84.4 Å². The first-order chi connectivity index (χ1) is 12.7. The van der Waals surface area contributed by atoms with E-state index in [0.29, 0.717) is 30.1 Å². The van der Waals surface area contributed by atoms with Crippen molar-refractivity contribution in [3.05, 3.63) is 46.2 Å². The van der Waals surface area contributed by atoms with E-state index in [2.05, 4.69) is 15.3 Å². The highest BCUT2D eigenvalue weighted by molar-refractivity contribution is 7.14. The van der Waals surface area contributed by atoms with E-state index < -0.39 is 0 Å². The number of rotatable bonds is 7. The molecule has 0 saturated carbocycles. The van der Waals surface area contributed by atoms with Gasteiger partial charge in [-0.3, -0.25) is 9.59 Å². The lowest BCUT2D eigenvalue weighted by molar-refractivity contribution is 0.0736. The number of amides is 2. The van der Waals surface area contributed by atoms with E-state index in [0.717, 1.165) is 24.1 Å². The van der Waals surface area contributed by atoms with Gasteiger partial charge in [-0.15, -0.1) is 11.3 Å². The van der Waals surface area contributed by atoms with E-state index in [1.54, 1.807) is 7.11 Å². The normalized spacial score (nSPS) is 16.7. The molecule has 1 atom stereocenters. The Balaban J connectivity index is 1.66. The van der Waals surface area contributed by atoms with Gasteiger partial charge in [0.05, 0.1) is 16.5 Å². The number of ether oxygens (including phenoxy) is 1. The first kappa shape index (κ1) is 18.5. The van der Waals surface area contributed by atoms with E-state index in [1.807, 2.05) is 17.0 Å². The average molecular weight is 374 g/mol. The number of aromatic nitrogens is 2.